The van der Waals surface area contributed by atoms with E-state index >= 15 is 0 Å². The van der Waals surface area contributed by atoms with Crippen LogP contribution in [0.2, 0.25) is 0 Å². The molecule has 1 aromatic rings. The van der Waals surface area contributed by atoms with Crippen LogP contribution in [0.3, 0.4) is 0 Å². The zero-order valence-electron chi connectivity index (χ0n) is 9.77. The molecule has 0 fully saturated rings. The molecule has 1 rings (SSSR count). The molecule has 0 saturated carbocycles. The van der Waals surface area contributed by atoms with Gasteiger partial charge >= 0.3 is 0 Å². The third kappa shape index (κ3) is 4.29. The summed E-state index contributed by atoms with van der Waals surface area (Å²) in [6.07, 6.45) is 0.586. The Bertz CT molecular complexity index is 470. The van der Waals surface area contributed by atoms with Gasteiger partial charge in [0.05, 0.1) is 10.6 Å². The van der Waals surface area contributed by atoms with Gasteiger partial charge in [0.25, 0.3) is 0 Å². The molecular formula is C11H15BrO4S. The summed E-state index contributed by atoms with van der Waals surface area (Å²) in [5.74, 6) is 0.601. The number of benzene rings is 1. The highest BCUT2D eigenvalue weighted by Crippen LogP contribution is 2.25. The molecule has 0 radical (unpaired) electrons. The zero-order valence-corrected chi connectivity index (χ0v) is 12.2. The van der Waals surface area contributed by atoms with Gasteiger partial charge in [-0.3, -0.25) is 0 Å². The van der Waals surface area contributed by atoms with E-state index in [1.165, 1.54) is 13.2 Å². The average Bonchev–Trinajstić information content (AvgIpc) is 2.25. The van der Waals surface area contributed by atoms with Gasteiger partial charge in [-0.25, -0.2) is 8.42 Å². The minimum Gasteiger partial charge on any atom is -0.467 e. The van der Waals surface area contributed by atoms with Crippen LogP contribution in [0.5, 0.6) is 5.75 Å². The summed E-state index contributed by atoms with van der Waals surface area (Å²) in [4.78, 5) is 0.264. The maximum Gasteiger partial charge on any atom is 0.188 e. The molecule has 0 amide bonds. The van der Waals surface area contributed by atoms with Crippen LogP contribution in [0.25, 0.3) is 0 Å². The van der Waals surface area contributed by atoms with Crippen LogP contribution in [-0.4, -0.2) is 28.1 Å². The Morgan fingerprint density at radius 3 is 2.59 bits per heavy atom. The van der Waals surface area contributed by atoms with Crippen molar-refractivity contribution < 1.29 is 17.9 Å². The van der Waals surface area contributed by atoms with Gasteiger partial charge in [-0.1, -0.05) is 22.9 Å². The number of hydrogen-bond donors (Lipinski definition) is 0. The largest absolute Gasteiger partial charge is 0.467 e. The summed E-state index contributed by atoms with van der Waals surface area (Å²) in [6.45, 7) is 1.92. The van der Waals surface area contributed by atoms with Crippen molar-refractivity contribution in [2.24, 2.45) is 0 Å². The molecule has 0 aliphatic carbocycles. The van der Waals surface area contributed by atoms with Gasteiger partial charge in [0.1, 0.15) is 5.75 Å². The molecular weight excluding hydrogens is 308 g/mol. The Kier molecular flexibility index (Phi) is 5.42. The van der Waals surface area contributed by atoms with Gasteiger partial charge in [-0.05, 0) is 24.6 Å². The van der Waals surface area contributed by atoms with Gasteiger partial charge in [-0.15, -0.1) is 0 Å². The Balaban J connectivity index is 3.04. The summed E-state index contributed by atoms with van der Waals surface area (Å²) in [5.41, 5.74) is 0. The lowest BCUT2D eigenvalue weighted by Crippen LogP contribution is -2.07. The summed E-state index contributed by atoms with van der Waals surface area (Å²) >= 11 is 3.26. The highest BCUT2D eigenvalue weighted by atomic mass is 79.9. The van der Waals surface area contributed by atoms with Crippen molar-refractivity contribution in [2.45, 2.75) is 18.2 Å². The van der Waals surface area contributed by atoms with E-state index in [9.17, 15) is 8.42 Å². The summed E-state index contributed by atoms with van der Waals surface area (Å²) in [5, 5.41) is 0. The van der Waals surface area contributed by atoms with E-state index in [2.05, 4.69) is 15.9 Å². The van der Waals surface area contributed by atoms with Crippen LogP contribution in [0.15, 0.2) is 27.6 Å². The van der Waals surface area contributed by atoms with Crippen LogP contribution in [0.4, 0.5) is 0 Å². The molecule has 0 N–H and O–H groups in total. The van der Waals surface area contributed by atoms with Crippen LogP contribution >= 0.6 is 15.9 Å². The van der Waals surface area contributed by atoms with Crippen molar-refractivity contribution >= 4 is 25.8 Å². The molecule has 96 valence electrons. The molecule has 0 aliphatic heterocycles. The smallest absolute Gasteiger partial charge is 0.188 e. The van der Waals surface area contributed by atoms with Crippen molar-refractivity contribution in [1.82, 2.24) is 0 Å². The predicted octanol–water partition coefficient (Wildman–Crippen LogP) is 2.62. The first kappa shape index (κ1) is 14.5. The maximum absolute atomic E-state index is 11.9. The highest BCUT2D eigenvalue weighted by molar-refractivity contribution is 9.10. The van der Waals surface area contributed by atoms with Crippen molar-refractivity contribution in [2.75, 3.05) is 19.7 Å². The zero-order chi connectivity index (χ0) is 12.9. The van der Waals surface area contributed by atoms with E-state index in [-0.39, 0.29) is 17.4 Å². The minimum atomic E-state index is -3.23. The number of sulfone groups is 1. The number of methoxy groups -OCH3 is 1. The van der Waals surface area contributed by atoms with Gasteiger partial charge in [0, 0.05) is 11.6 Å². The number of halogens is 1. The van der Waals surface area contributed by atoms with Crippen molar-refractivity contribution in [3.05, 3.63) is 22.7 Å². The van der Waals surface area contributed by atoms with Gasteiger partial charge < -0.3 is 9.47 Å². The summed E-state index contributed by atoms with van der Waals surface area (Å²) < 4.78 is 34.5. The first-order valence-corrected chi connectivity index (χ1v) is 7.59. The topological polar surface area (TPSA) is 52.6 Å². The predicted molar refractivity (Wildman–Crippen MR) is 69.0 cm³/mol. The van der Waals surface area contributed by atoms with Crippen molar-refractivity contribution in [3.63, 3.8) is 0 Å². The maximum atomic E-state index is 11.9. The molecule has 0 saturated heterocycles. The second kappa shape index (κ2) is 6.37. The molecule has 1 aromatic carbocycles. The van der Waals surface area contributed by atoms with E-state index in [0.717, 1.165) is 0 Å². The van der Waals surface area contributed by atoms with E-state index < -0.39 is 9.84 Å². The van der Waals surface area contributed by atoms with E-state index in [1.807, 2.05) is 6.92 Å². The fourth-order valence-electron chi connectivity index (χ4n) is 1.31. The monoisotopic (exact) mass is 322 g/mol. The minimum absolute atomic E-state index is 0.0870. The molecule has 0 aromatic heterocycles. The fourth-order valence-corrected chi connectivity index (χ4v) is 3.31. The highest BCUT2D eigenvalue weighted by Gasteiger charge is 2.15. The van der Waals surface area contributed by atoms with Crippen LogP contribution in [0.1, 0.15) is 13.3 Å². The molecule has 0 aliphatic rings. The van der Waals surface area contributed by atoms with E-state index in [0.29, 0.717) is 16.6 Å². The molecule has 0 atom stereocenters. The molecule has 6 heteroatoms. The lowest BCUT2D eigenvalue weighted by Gasteiger charge is -2.08. The van der Waals surface area contributed by atoms with Crippen LogP contribution in [-0.2, 0) is 14.6 Å². The van der Waals surface area contributed by atoms with Gasteiger partial charge in [0.2, 0.25) is 0 Å². The average molecular weight is 323 g/mol. The molecule has 17 heavy (non-hydrogen) atoms. The fraction of sp³-hybridized carbons (Fsp3) is 0.455. The Hall–Kier alpha value is -0.590. The Morgan fingerprint density at radius 1 is 1.29 bits per heavy atom. The third-order valence-electron chi connectivity index (χ3n) is 2.02. The third-order valence-corrected chi connectivity index (χ3v) is 4.38. The normalized spacial score (nSPS) is 11.5. The van der Waals surface area contributed by atoms with Crippen LogP contribution < -0.4 is 4.74 Å². The lowest BCUT2D eigenvalue weighted by atomic mass is 10.3. The number of rotatable bonds is 6. The number of ether oxygens (including phenoxy) is 2. The molecule has 0 heterocycles. The lowest BCUT2D eigenvalue weighted by molar-refractivity contribution is 0.0509. The Morgan fingerprint density at radius 2 is 2.00 bits per heavy atom. The van der Waals surface area contributed by atoms with Crippen molar-refractivity contribution in [3.8, 4) is 5.75 Å². The first-order valence-electron chi connectivity index (χ1n) is 5.14. The quantitative estimate of drug-likeness (QED) is 0.755. The summed E-state index contributed by atoms with van der Waals surface area (Å²) in [7, 11) is -1.72. The van der Waals surface area contributed by atoms with Gasteiger partial charge in [-0.2, -0.15) is 0 Å². The molecule has 4 nitrogen and oxygen atoms in total. The SMILES string of the molecule is CCCS(=O)(=O)c1cc(Br)cc(OCOC)c1. The molecule has 0 bridgehead atoms. The molecule has 0 spiro atoms. The van der Waals surface area contributed by atoms with Gasteiger partial charge in [0.15, 0.2) is 16.6 Å². The van der Waals surface area contributed by atoms with E-state index in [4.69, 9.17) is 9.47 Å². The summed E-state index contributed by atoms with van der Waals surface area (Å²) in [6, 6.07) is 4.78. The second-order valence-corrected chi connectivity index (χ2v) is 6.52. The van der Waals surface area contributed by atoms with Crippen LogP contribution in [0, 0.1) is 0 Å². The van der Waals surface area contributed by atoms with E-state index in [1.54, 1.807) is 12.1 Å². The first-order chi connectivity index (χ1) is 7.99. The number of hydrogen-bond acceptors (Lipinski definition) is 4. The standard InChI is InChI=1S/C11H15BrO4S/c1-3-4-17(13,14)11-6-9(12)5-10(7-11)16-8-15-2/h5-7H,3-4,8H2,1-2H3. The van der Waals surface area contributed by atoms with Crippen molar-refractivity contribution in [1.29, 1.82) is 0 Å². The molecule has 0 unspecified atom stereocenters. The second-order valence-electron chi connectivity index (χ2n) is 3.49. The Labute approximate surface area is 110 Å².